The minimum Gasteiger partial charge on any atom is -0.444 e. The maximum absolute atomic E-state index is 12.3. The van der Waals surface area contributed by atoms with E-state index in [4.69, 9.17) is 4.74 Å². The van der Waals surface area contributed by atoms with Gasteiger partial charge in [0.25, 0.3) is 0 Å². The highest BCUT2D eigenvalue weighted by Crippen LogP contribution is 2.22. The summed E-state index contributed by atoms with van der Waals surface area (Å²) in [5, 5.41) is 4.48. The number of alkyl carbamates (subject to hydrolysis) is 1. The normalized spacial score (nSPS) is 23.3. The third-order valence-electron chi connectivity index (χ3n) is 3.04. The molecule has 0 spiro atoms. The lowest BCUT2D eigenvalue weighted by Crippen LogP contribution is -2.56. The fourth-order valence-electron chi connectivity index (χ4n) is 2.19. The highest BCUT2D eigenvalue weighted by molar-refractivity contribution is 5.82. The maximum Gasteiger partial charge on any atom is 0.471 e. The van der Waals surface area contributed by atoms with Crippen LogP contribution in [-0.2, 0) is 9.53 Å². The molecule has 8 heteroatoms. The van der Waals surface area contributed by atoms with Crippen LogP contribution in [0.4, 0.5) is 18.0 Å². The van der Waals surface area contributed by atoms with Crippen LogP contribution in [0.2, 0.25) is 0 Å². The van der Waals surface area contributed by atoms with Crippen molar-refractivity contribution in [1.29, 1.82) is 0 Å². The lowest BCUT2D eigenvalue weighted by atomic mass is 9.90. The number of halogens is 3. The second-order valence-electron chi connectivity index (χ2n) is 6.11. The summed E-state index contributed by atoms with van der Waals surface area (Å²) in [5.74, 6) is -1.98. The fourth-order valence-corrected chi connectivity index (χ4v) is 2.19. The molecule has 2 amide bonds. The molecule has 2 unspecified atom stereocenters. The van der Waals surface area contributed by atoms with Gasteiger partial charge in [0.1, 0.15) is 5.60 Å². The van der Waals surface area contributed by atoms with Crippen molar-refractivity contribution >= 4 is 12.0 Å². The van der Waals surface area contributed by atoms with Crippen molar-refractivity contribution in [2.45, 2.75) is 70.3 Å². The van der Waals surface area contributed by atoms with E-state index >= 15 is 0 Å². The van der Waals surface area contributed by atoms with Crippen molar-refractivity contribution in [3.8, 4) is 0 Å². The average molecular weight is 310 g/mol. The number of carbonyl (C=O) groups excluding carboxylic acids is 2. The van der Waals surface area contributed by atoms with Gasteiger partial charge in [0.05, 0.1) is 6.04 Å². The van der Waals surface area contributed by atoms with Gasteiger partial charge in [-0.3, -0.25) is 4.79 Å². The van der Waals surface area contributed by atoms with Crippen molar-refractivity contribution in [3.63, 3.8) is 0 Å². The summed E-state index contributed by atoms with van der Waals surface area (Å²) in [6.45, 7) is 5.07. The van der Waals surface area contributed by atoms with Crippen molar-refractivity contribution in [3.05, 3.63) is 0 Å². The molecule has 1 saturated carbocycles. The molecule has 2 atom stereocenters. The number of amides is 2. The number of carbonyl (C=O) groups is 2. The third-order valence-corrected chi connectivity index (χ3v) is 3.04. The molecule has 0 aliphatic heterocycles. The van der Waals surface area contributed by atoms with E-state index in [9.17, 15) is 22.8 Å². The molecule has 5 nitrogen and oxygen atoms in total. The Balaban J connectivity index is 2.61. The molecule has 1 aliphatic rings. The molecular weight excluding hydrogens is 289 g/mol. The van der Waals surface area contributed by atoms with E-state index < -0.39 is 35.9 Å². The van der Waals surface area contributed by atoms with E-state index in [-0.39, 0.29) is 0 Å². The van der Waals surface area contributed by atoms with Crippen LogP contribution < -0.4 is 10.6 Å². The molecule has 0 heterocycles. The predicted octanol–water partition coefficient (Wildman–Crippen LogP) is 2.50. The lowest BCUT2D eigenvalue weighted by molar-refractivity contribution is -0.174. The van der Waals surface area contributed by atoms with E-state index in [1.165, 1.54) is 0 Å². The van der Waals surface area contributed by atoms with Crippen LogP contribution >= 0.6 is 0 Å². The lowest BCUT2D eigenvalue weighted by Gasteiger charge is -2.33. The zero-order valence-electron chi connectivity index (χ0n) is 12.3. The highest BCUT2D eigenvalue weighted by Gasteiger charge is 2.41. The summed E-state index contributed by atoms with van der Waals surface area (Å²) in [6, 6.07) is -1.29. The second-order valence-corrected chi connectivity index (χ2v) is 6.11. The quantitative estimate of drug-likeness (QED) is 0.823. The smallest absolute Gasteiger partial charge is 0.444 e. The van der Waals surface area contributed by atoms with E-state index in [2.05, 4.69) is 5.32 Å². The largest absolute Gasteiger partial charge is 0.471 e. The summed E-state index contributed by atoms with van der Waals surface area (Å²) in [4.78, 5) is 22.7. The molecule has 0 saturated heterocycles. The van der Waals surface area contributed by atoms with E-state index in [0.717, 1.165) is 6.42 Å². The summed E-state index contributed by atoms with van der Waals surface area (Å²) in [6.07, 6.45) is -3.24. The van der Waals surface area contributed by atoms with Crippen LogP contribution in [0.3, 0.4) is 0 Å². The Labute approximate surface area is 121 Å². The van der Waals surface area contributed by atoms with Gasteiger partial charge in [0.2, 0.25) is 0 Å². The first-order valence-corrected chi connectivity index (χ1v) is 6.86. The van der Waals surface area contributed by atoms with Crippen LogP contribution in [0.5, 0.6) is 0 Å². The van der Waals surface area contributed by atoms with Gasteiger partial charge in [-0.2, -0.15) is 13.2 Å². The Morgan fingerprint density at radius 3 is 1.90 bits per heavy atom. The van der Waals surface area contributed by atoms with Crippen molar-refractivity contribution in [1.82, 2.24) is 10.6 Å². The van der Waals surface area contributed by atoms with Gasteiger partial charge in [0.15, 0.2) is 0 Å². The molecule has 1 rings (SSSR count). The monoisotopic (exact) mass is 310 g/mol. The molecule has 0 radical (unpaired) electrons. The van der Waals surface area contributed by atoms with Crippen molar-refractivity contribution in [2.75, 3.05) is 0 Å². The van der Waals surface area contributed by atoms with Gasteiger partial charge in [-0.25, -0.2) is 4.79 Å². The second kappa shape index (κ2) is 6.53. The molecule has 0 aromatic carbocycles. The molecule has 0 aromatic heterocycles. The van der Waals surface area contributed by atoms with E-state index in [1.54, 1.807) is 20.8 Å². The first kappa shape index (κ1) is 17.6. The SMILES string of the molecule is CC(C)(C)OC(=O)NC1CCCCC1NC(=O)C(F)(F)F. The number of hydrogen-bond donors (Lipinski definition) is 2. The number of ether oxygens (including phenoxy) is 1. The first-order chi connectivity index (χ1) is 9.49. The van der Waals surface area contributed by atoms with Gasteiger partial charge in [-0.1, -0.05) is 12.8 Å². The number of hydrogen-bond acceptors (Lipinski definition) is 3. The fraction of sp³-hybridized carbons (Fsp3) is 0.846. The molecule has 21 heavy (non-hydrogen) atoms. The molecule has 1 aliphatic carbocycles. The molecule has 0 bridgehead atoms. The predicted molar refractivity (Wildman–Crippen MR) is 69.6 cm³/mol. The van der Waals surface area contributed by atoms with Crippen LogP contribution in [0.1, 0.15) is 46.5 Å². The van der Waals surface area contributed by atoms with Crippen LogP contribution in [0.15, 0.2) is 0 Å². The van der Waals surface area contributed by atoms with Gasteiger partial charge in [0, 0.05) is 6.04 Å². The van der Waals surface area contributed by atoms with Crippen molar-refractivity contribution < 1.29 is 27.5 Å². The van der Waals surface area contributed by atoms with E-state index in [1.807, 2.05) is 5.32 Å². The number of nitrogens with one attached hydrogen (secondary N) is 2. The van der Waals surface area contributed by atoms with Crippen LogP contribution in [0, 0.1) is 0 Å². The summed E-state index contributed by atoms with van der Waals surface area (Å²) in [7, 11) is 0. The Morgan fingerprint density at radius 1 is 1.00 bits per heavy atom. The molecule has 2 N–H and O–H groups in total. The first-order valence-electron chi connectivity index (χ1n) is 6.86. The van der Waals surface area contributed by atoms with Gasteiger partial charge >= 0.3 is 18.2 Å². The average Bonchev–Trinajstić information content (AvgIpc) is 2.27. The van der Waals surface area contributed by atoms with Crippen LogP contribution in [0.25, 0.3) is 0 Å². The standard InChI is InChI=1S/C13H21F3N2O3/c1-12(2,3)21-11(20)18-9-7-5-4-6-8(9)17-10(19)13(14,15)16/h8-9H,4-7H2,1-3H3,(H,17,19)(H,18,20). The Bertz CT molecular complexity index is 391. The Morgan fingerprint density at radius 2 is 1.48 bits per heavy atom. The Hall–Kier alpha value is -1.47. The van der Waals surface area contributed by atoms with Gasteiger partial charge < -0.3 is 15.4 Å². The summed E-state index contributed by atoms with van der Waals surface area (Å²) in [5.41, 5.74) is -0.691. The Kier molecular flexibility index (Phi) is 5.47. The number of alkyl halides is 3. The summed E-state index contributed by atoms with van der Waals surface area (Å²) >= 11 is 0. The maximum atomic E-state index is 12.3. The topological polar surface area (TPSA) is 67.4 Å². The number of rotatable bonds is 2. The van der Waals surface area contributed by atoms with E-state index in [0.29, 0.717) is 19.3 Å². The minimum atomic E-state index is -4.92. The minimum absolute atomic E-state index is 0.391. The van der Waals surface area contributed by atoms with Crippen molar-refractivity contribution in [2.24, 2.45) is 0 Å². The molecule has 0 aromatic rings. The third kappa shape index (κ3) is 6.22. The zero-order chi connectivity index (χ0) is 16.3. The van der Waals surface area contributed by atoms with Crippen LogP contribution in [-0.4, -0.2) is 35.9 Å². The zero-order valence-corrected chi connectivity index (χ0v) is 12.3. The molecule has 122 valence electrons. The molecule has 1 fully saturated rings. The summed E-state index contributed by atoms with van der Waals surface area (Å²) < 4.78 is 42.0. The van der Waals surface area contributed by atoms with Gasteiger partial charge in [-0.05, 0) is 33.6 Å². The van der Waals surface area contributed by atoms with Gasteiger partial charge in [-0.15, -0.1) is 0 Å². The highest BCUT2D eigenvalue weighted by atomic mass is 19.4. The molecular formula is C13H21F3N2O3.